The first-order valence-corrected chi connectivity index (χ1v) is 8.11. The molecule has 20 heavy (non-hydrogen) atoms. The lowest BCUT2D eigenvalue weighted by atomic mass is 10.2. The number of nitrogens with one attached hydrogen (secondary N) is 1. The van der Waals surface area contributed by atoms with Crippen molar-refractivity contribution in [3.63, 3.8) is 0 Å². The summed E-state index contributed by atoms with van der Waals surface area (Å²) in [5.74, 6) is 1.92. The van der Waals surface area contributed by atoms with Gasteiger partial charge in [0, 0.05) is 25.3 Å². The van der Waals surface area contributed by atoms with Crippen LogP contribution in [-0.4, -0.2) is 24.1 Å². The van der Waals surface area contributed by atoms with Crippen LogP contribution in [0.4, 0.5) is 5.82 Å². The number of nitrogens with zero attached hydrogens (tertiary/aromatic N) is 2. The number of aromatic nitrogens is 1. The zero-order valence-corrected chi connectivity index (χ0v) is 13.6. The highest BCUT2D eigenvalue weighted by Gasteiger charge is 2.26. The van der Waals surface area contributed by atoms with E-state index in [1.807, 2.05) is 0 Å². The molecule has 1 saturated carbocycles. The standard InChI is InChI=1S/C16H26ClN3/c1-4-7-18-9-14-8-16(19-10-15(14)17)20(12(2)3)11-13-5-6-13/h8,10,12-13,18H,4-7,9,11H2,1-3H3. The van der Waals surface area contributed by atoms with Gasteiger partial charge in [0.1, 0.15) is 5.82 Å². The lowest BCUT2D eigenvalue weighted by molar-refractivity contribution is 0.634. The Kier molecular flexibility index (Phi) is 5.67. The van der Waals surface area contributed by atoms with Crippen molar-refractivity contribution in [2.24, 2.45) is 5.92 Å². The second kappa shape index (κ2) is 7.28. The van der Waals surface area contributed by atoms with E-state index in [1.54, 1.807) is 6.20 Å². The first kappa shape index (κ1) is 15.6. The Morgan fingerprint density at radius 3 is 2.80 bits per heavy atom. The monoisotopic (exact) mass is 295 g/mol. The third kappa shape index (κ3) is 4.35. The number of rotatable bonds is 8. The molecule has 1 aromatic rings. The molecule has 0 aromatic carbocycles. The predicted molar refractivity (Wildman–Crippen MR) is 86.5 cm³/mol. The quantitative estimate of drug-likeness (QED) is 0.738. The van der Waals surface area contributed by atoms with Crippen molar-refractivity contribution in [1.82, 2.24) is 10.3 Å². The molecule has 3 nitrogen and oxygen atoms in total. The fraction of sp³-hybridized carbons (Fsp3) is 0.688. The van der Waals surface area contributed by atoms with Crippen molar-refractivity contribution in [3.05, 3.63) is 22.8 Å². The summed E-state index contributed by atoms with van der Waals surface area (Å²) < 4.78 is 0. The minimum Gasteiger partial charge on any atom is -0.354 e. The molecule has 4 heteroatoms. The summed E-state index contributed by atoms with van der Waals surface area (Å²) in [6, 6.07) is 2.62. The van der Waals surface area contributed by atoms with Gasteiger partial charge >= 0.3 is 0 Å². The molecule has 0 unspecified atom stereocenters. The number of hydrogen-bond acceptors (Lipinski definition) is 3. The van der Waals surface area contributed by atoms with Crippen molar-refractivity contribution >= 4 is 17.4 Å². The molecule has 2 rings (SSSR count). The Labute approximate surface area is 127 Å². The second-order valence-electron chi connectivity index (χ2n) is 6.00. The van der Waals surface area contributed by atoms with Crippen LogP contribution in [0.2, 0.25) is 5.02 Å². The zero-order valence-electron chi connectivity index (χ0n) is 12.8. The highest BCUT2D eigenvalue weighted by Crippen LogP contribution is 2.32. The third-order valence-electron chi connectivity index (χ3n) is 3.73. The molecule has 0 atom stereocenters. The minimum atomic E-state index is 0.473. The number of pyridine rings is 1. The predicted octanol–water partition coefficient (Wildman–Crippen LogP) is 3.86. The second-order valence-corrected chi connectivity index (χ2v) is 6.41. The van der Waals surface area contributed by atoms with E-state index in [0.717, 1.165) is 48.4 Å². The first-order chi connectivity index (χ1) is 9.61. The van der Waals surface area contributed by atoms with E-state index in [2.05, 4.69) is 42.0 Å². The zero-order chi connectivity index (χ0) is 14.5. The Bertz CT molecular complexity index is 430. The van der Waals surface area contributed by atoms with E-state index >= 15 is 0 Å². The van der Waals surface area contributed by atoms with Crippen LogP contribution in [0.3, 0.4) is 0 Å². The topological polar surface area (TPSA) is 28.2 Å². The van der Waals surface area contributed by atoms with Crippen LogP contribution in [0.15, 0.2) is 12.3 Å². The maximum Gasteiger partial charge on any atom is 0.129 e. The first-order valence-electron chi connectivity index (χ1n) is 7.73. The molecule has 0 amide bonds. The van der Waals surface area contributed by atoms with Gasteiger partial charge in [0.05, 0.1) is 5.02 Å². The maximum atomic E-state index is 6.26. The highest BCUT2D eigenvalue weighted by molar-refractivity contribution is 6.31. The Morgan fingerprint density at radius 2 is 2.20 bits per heavy atom. The van der Waals surface area contributed by atoms with Crippen molar-refractivity contribution in [2.45, 2.75) is 52.6 Å². The molecule has 1 aromatic heterocycles. The van der Waals surface area contributed by atoms with Gasteiger partial charge in [0.2, 0.25) is 0 Å². The van der Waals surface area contributed by atoms with Gasteiger partial charge in [-0.1, -0.05) is 18.5 Å². The fourth-order valence-electron chi connectivity index (χ4n) is 2.31. The molecule has 0 bridgehead atoms. The summed E-state index contributed by atoms with van der Waals surface area (Å²) >= 11 is 6.26. The van der Waals surface area contributed by atoms with Crippen molar-refractivity contribution in [1.29, 1.82) is 0 Å². The van der Waals surface area contributed by atoms with Crippen LogP contribution >= 0.6 is 11.6 Å². The number of anilines is 1. The molecular weight excluding hydrogens is 270 g/mol. The molecule has 0 radical (unpaired) electrons. The molecule has 1 N–H and O–H groups in total. The maximum absolute atomic E-state index is 6.26. The van der Waals surface area contributed by atoms with E-state index in [-0.39, 0.29) is 0 Å². The van der Waals surface area contributed by atoms with Crippen molar-refractivity contribution in [3.8, 4) is 0 Å². The average Bonchev–Trinajstić information content (AvgIpc) is 3.22. The van der Waals surface area contributed by atoms with Crippen molar-refractivity contribution < 1.29 is 0 Å². The van der Waals surface area contributed by atoms with Crippen LogP contribution in [-0.2, 0) is 6.54 Å². The van der Waals surface area contributed by atoms with Crippen molar-refractivity contribution in [2.75, 3.05) is 18.0 Å². The number of hydrogen-bond donors (Lipinski definition) is 1. The van der Waals surface area contributed by atoms with Crippen LogP contribution < -0.4 is 10.2 Å². The largest absolute Gasteiger partial charge is 0.354 e. The van der Waals surface area contributed by atoms with Gasteiger partial charge in [-0.05, 0) is 57.2 Å². The number of halogens is 1. The molecule has 1 heterocycles. The Hall–Kier alpha value is -0.800. The normalized spacial score (nSPS) is 14.8. The molecule has 1 fully saturated rings. The van der Waals surface area contributed by atoms with E-state index in [9.17, 15) is 0 Å². The van der Waals surface area contributed by atoms with E-state index in [4.69, 9.17) is 11.6 Å². The molecule has 1 aliphatic rings. The Morgan fingerprint density at radius 1 is 1.45 bits per heavy atom. The van der Waals surface area contributed by atoms with E-state index in [0.29, 0.717) is 6.04 Å². The van der Waals surface area contributed by atoms with Gasteiger partial charge in [-0.3, -0.25) is 0 Å². The lowest BCUT2D eigenvalue weighted by Crippen LogP contribution is -2.33. The van der Waals surface area contributed by atoms with Gasteiger partial charge in [-0.25, -0.2) is 4.98 Å². The minimum absolute atomic E-state index is 0.473. The lowest BCUT2D eigenvalue weighted by Gasteiger charge is -2.28. The molecule has 1 aliphatic carbocycles. The van der Waals surface area contributed by atoms with E-state index < -0.39 is 0 Å². The summed E-state index contributed by atoms with van der Waals surface area (Å²) in [7, 11) is 0. The average molecular weight is 296 g/mol. The molecule has 0 saturated heterocycles. The van der Waals surface area contributed by atoms with E-state index in [1.165, 1.54) is 12.8 Å². The summed E-state index contributed by atoms with van der Waals surface area (Å²) in [4.78, 5) is 6.94. The highest BCUT2D eigenvalue weighted by atomic mass is 35.5. The van der Waals surface area contributed by atoms with Crippen LogP contribution in [0.1, 0.15) is 45.6 Å². The van der Waals surface area contributed by atoms with Gasteiger partial charge in [0.15, 0.2) is 0 Å². The van der Waals surface area contributed by atoms with Gasteiger partial charge in [-0.2, -0.15) is 0 Å². The molecule has 112 valence electrons. The summed E-state index contributed by atoms with van der Waals surface area (Å²) in [5, 5.41) is 4.17. The molecular formula is C16H26ClN3. The van der Waals surface area contributed by atoms with Crippen LogP contribution in [0.5, 0.6) is 0 Å². The smallest absolute Gasteiger partial charge is 0.129 e. The molecule has 0 aliphatic heterocycles. The third-order valence-corrected chi connectivity index (χ3v) is 4.07. The molecule has 0 spiro atoms. The fourth-order valence-corrected chi connectivity index (χ4v) is 2.48. The SMILES string of the molecule is CCCNCc1cc(N(CC2CC2)C(C)C)ncc1Cl. The van der Waals surface area contributed by atoms with Gasteiger partial charge < -0.3 is 10.2 Å². The van der Waals surface area contributed by atoms with Crippen LogP contribution in [0, 0.1) is 5.92 Å². The van der Waals surface area contributed by atoms with Crippen LogP contribution in [0.25, 0.3) is 0 Å². The summed E-state index contributed by atoms with van der Waals surface area (Å²) in [6.45, 7) is 9.58. The van der Waals surface area contributed by atoms with Gasteiger partial charge in [-0.15, -0.1) is 0 Å². The van der Waals surface area contributed by atoms with Gasteiger partial charge in [0.25, 0.3) is 0 Å². The Balaban J connectivity index is 2.10. The summed E-state index contributed by atoms with van der Waals surface area (Å²) in [5.41, 5.74) is 1.14. The summed E-state index contributed by atoms with van der Waals surface area (Å²) in [6.07, 6.45) is 5.65.